The van der Waals surface area contributed by atoms with E-state index >= 15 is 0 Å². The number of carbonyl (C=O) groups excluding carboxylic acids is 4. The molecule has 0 aliphatic heterocycles. The van der Waals surface area contributed by atoms with Gasteiger partial charge in [0.05, 0.1) is 6.61 Å². The highest BCUT2D eigenvalue weighted by Gasteiger charge is 2.66. The Labute approximate surface area is 367 Å². The SMILES string of the molecule is COCC(C)NC(=O)c1ccc(-c2ccc(CC(NC(=O)[C@H]3CC[C@H](CNC(=O)OC(C)(C)C)CC3)C(=O)Nc3ccc(-c4nc(C(F)(F)C(F)(F)C(=O)O)n[nH]4)cc3)cc2)c(C)c1. The van der Waals surface area contributed by atoms with Gasteiger partial charge in [0.2, 0.25) is 17.6 Å². The summed E-state index contributed by atoms with van der Waals surface area (Å²) in [6.45, 7) is 9.85. The molecule has 0 spiro atoms. The molecule has 1 aromatic heterocycles. The fraction of sp³-hybridized carbons (Fsp3) is 0.444. The van der Waals surface area contributed by atoms with Crippen LogP contribution in [-0.2, 0) is 36.2 Å². The van der Waals surface area contributed by atoms with Gasteiger partial charge in [-0.2, -0.15) is 22.7 Å². The molecule has 1 heterocycles. The van der Waals surface area contributed by atoms with Crippen LogP contribution in [0.2, 0.25) is 0 Å². The highest BCUT2D eigenvalue weighted by atomic mass is 19.3. The first-order chi connectivity index (χ1) is 30.1. The number of alkyl carbamates (subject to hydrolysis) is 1. The third-order valence-corrected chi connectivity index (χ3v) is 10.6. The number of amides is 4. The molecule has 1 saturated carbocycles. The van der Waals surface area contributed by atoms with Crippen LogP contribution in [0.15, 0.2) is 66.7 Å². The summed E-state index contributed by atoms with van der Waals surface area (Å²) < 4.78 is 66.5. The summed E-state index contributed by atoms with van der Waals surface area (Å²) in [6, 6.07) is 17.1. The van der Waals surface area contributed by atoms with Crippen LogP contribution in [-0.4, -0.2) is 93.9 Å². The van der Waals surface area contributed by atoms with Crippen LogP contribution in [0, 0.1) is 18.8 Å². The van der Waals surface area contributed by atoms with Crippen molar-refractivity contribution in [1.82, 2.24) is 31.1 Å². The molecule has 4 aromatic rings. The molecular formula is C45H53F4N7O8. The van der Waals surface area contributed by atoms with E-state index in [9.17, 15) is 41.5 Å². The van der Waals surface area contributed by atoms with Gasteiger partial charge in [-0.25, -0.2) is 14.6 Å². The van der Waals surface area contributed by atoms with Gasteiger partial charge in [-0.3, -0.25) is 19.5 Å². The Bertz CT molecular complexity index is 2290. The zero-order chi connectivity index (χ0) is 47.0. The molecule has 64 heavy (non-hydrogen) atoms. The number of halogens is 4. The molecule has 0 radical (unpaired) electrons. The van der Waals surface area contributed by atoms with E-state index in [0.717, 1.165) is 22.3 Å². The van der Waals surface area contributed by atoms with E-state index in [1.54, 1.807) is 40.0 Å². The summed E-state index contributed by atoms with van der Waals surface area (Å²) in [5.74, 6) is -17.1. The van der Waals surface area contributed by atoms with E-state index in [2.05, 4.69) is 36.4 Å². The van der Waals surface area contributed by atoms with Crippen molar-refractivity contribution in [2.75, 3.05) is 25.6 Å². The standard InChI is InChI=1S/C45H53F4N7O8/c1-25-21-32(38(58)51-26(2)24-63-6)17-20-34(25)29-11-7-27(8-12-29)22-35(53-37(57)31-13-9-28(10-14-31)23-50-42(62)64-43(3,4)5)39(59)52-33-18-15-30(16-19-33)36-54-40(56-55-36)44(46,47)45(48,49)41(60)61/h7-8,11-12,15-21,26,28,31,35H,9-10,13-14,22-24H2,1-6H3,(H,50,62)(H,51,58)(H,52,59)(H,53,57)(H,60,61)(H,54,55,56)/t26?,28-,31-,35?. The first-order valence-corrected chi connectivity index (χ1v) is 20.7. The summed E-state index contributed by atoms with van der Waals surface area (Å²) in [5.41, 5.74) is 3.57. The number of carboxylic acid groups (broad SMARTS) is 1. The maximum Gasteiger partial charge on any atom is 0.411 e. The van der Waals surface area contributed by atoms with Gasteiger partial charge in [0.25, 0.3) is 5.91 Å². The van der Waals surface area contributed by atoms with Crippen LogP contribution in [0.1, 0.15) is 80.7 Å². The van der Waals surface area contributed by atoms with Crippen molar-refractivity contribution in [1.29, 1.82) is 0 Å². The van der Waals surface area contributed by atoms with Crippen LogP contribution >= 0.6 is 0 Å². The monoisotopic (exact) mass is 895 g/mol. The number of aromatic amines is 1. The second-order valence-electron chi connectivity index (χ2n) is 17.0. The second kappa shape index (κ2) is 20.4. The highest BCUT2D eigenvalue weighted by Crippen LogP contribution is 2.42. The number of alkyl halides is 4. The summed E-state index contributed by atoms with van der Waals surface area (Å²) >= 11 is 0. The molecule has 1 aliphatic carbocycles. The summed E-state index contributed by atoms with van der Waals surface area (Å²) in [4.78, 5) is 66.8. The number of aryl methyl sites for hydroxylation is 1. The minimum atomic E-state index is -5.47. The Balaban J connectivity index is 1.29. The number of aromatic nitrogens is 3. The van der Waals surface area contributed by atoms with Gasteiger partial charge in [-0.05, 0) is 125 Å². The molecule has 2 atom stereocenters. The molecule has 4 amide bonds. The fourth-order valence-electron chi connectivity index (χ4n) is 7.20. The van der Waals surface area contributed by atoms with Crippen molar-refractivity contribution in [2.45, 2.75) is 96.3 Å². The van der Waals surface area contributed by atoms with Crippen molar-refractivity contribution in [3.8, 4) is 22.5 Å². The van der Waals surface area contributed by atoms with E-state index in [1.165, 1.54) is 24.3 Å². The number of nitrogens with one attached hydrogen (secondary N) is 5. The number of carbonyl (C=O) groups is 5. The van der Waals surface area contributed by atoms with E-state index in [4.69, 9.17) is 14.6 Å². The zero-order valence-electron chi connectivity index (χ0n) is 36.3. The second-order valence-corrected chi connectivity index (χ2v) is 17.0. The van der Waals surface area contributed by atoms with Crippen molar-refractivity contribution in [3.05, 3.63) is 89.2 Å². The lowest BCUT2D eigenvalue weighted by atomic mass is 9.81. The quantitative estimate of drug-likeness (QED) is 0.0596. The average Bonchev–Trinajstić information content (AvgIpc) is 3.74. The van der Waals surface area contributed by atoms with Gasteiger partial charge in [0.1, 0.15) is 11.6 Å². The van der Waals surface area contributed by atoms with E-state index in [-0.39, 0.29) is 53.2 Å². The van der Waals surface area contributed by atoms with Crippen molar-refractivity contribution in [2.24, 2.45) is 11.8 Å². The lowest BCUT2D eigenvalue weighted by Crippen LogP contribution is -2.48. The number of aliphatic carboxylic acids is 1. The van der Waals surface area contributed by atoms with Crippen LogP contribution in [0.3, 0.4) is 0 Å². The number of anilines is 1. The Morgan fingerprint density at radius 3 is 2.12 bits per heavy atom. The number of H-pyrrole nitrogens is 1. The fourth-order valence-corrected chi connectivity index (χ4v) is 7.20. The molecule has 1 aliphatic rings. The zero-order valence-corrected chi connectivity index (χ0v) is 36.3. The van der Waals surface area contributed by atoms with E-state index < -0.39 is 47.3 Å². The van der Waals surface area contributed by atoms with Crippen molar-refractivity contribution in [3.63, 3.8) is 0 Å². The summed E-state index contributed by atoms with van der Waals surface area (Å²) in [7, 11) is 1.56. The molecule has 15 nitrogen and oxygen atoms in total. The largest absolute Gasteiger partial charge is 0.477 e. The minimum absolute atomic E-state index is 0.0961. The van der Waals surface area contributed by atoms with Crippen LogP contribution in [0.5, 0.6) is 0 Å². The topological polar surface area (TPSA) is 214 Å². The summed E-state index contributed by atoms with van der Waals surface area (Å²) in [6.07, 6.45) is 1.99. The smallest absolute Gasteiger partial charge is 0.411 e. The number of ether oxygens (including phenoxy) is 2. The lowest BCUT2D eigenvalue weighted by molar-refractivity contribution is -0.231. The number of hydrogen-bond acceptors (Lipinski definition) is 9. The lowest BCUT2D eigenvalue weighted by Gasteiger charge is -2.29. The van der Waals surface area contributed by atoms with Crippen LogP contribution in [0.25, 0.3) is 22.5 Å². The van der Waals surface area contributed by atoms with Crippen molar-refractivity contribution >= 4 is 35.5 Å². The van der Waals surface area contributed by atoms with Crippen LogP contribution < -0.4 is 21.3 Å². The minimum Gasteiger partial charge on any atom is -0.477 e. The molecule has 0 saturated heterocycles. The Hall–Kier alpha value is -6.37. The number of carboxylic acids is 1. The number of hydrogen-bond donors (Lipinski definition) is 6. The maximum absolute atomic E-state index is 14.3. The molecule has 5 rings (SSSR count). The Kier molecular flexibility index (Phi) is 15.5. The Morgan fingerprint density at radius 1 is 0.891 bits per heavy atom. The molecule has 2 unspecified atom stereocenters. The molecule has 0 bridgehead atoms. The first-order valence-electron chi connectivity index (χ1n) is 20.7. The molecule has 19 heteroatoms. The molecule has 6 N–H and O–H groups in total. The van der Waals surface area contributed by atoms with Crippen molar-refractivity contribution < 1.29 is 56.1 Å². The van der Waals surface area contributed by atoms with Gasteiger partial charge in [0, 0.05) is 48.8 Å². The van der Waals surface area contributed by atoms with Gasteiger partial charge in [-0.15, -0.1) is 0 Å². The number of benzene rings is 3. The molecule has 1 fully saturated rings. The first kappa shape index (κ1) is 48.7. The third kappa shape index (κ3) is 12.4. The third-order valence-electron chi connectivity index (χ3n) is 10.6. The average molecular weight is 896 g/mol. The van der Waals surface area contributed by atoms with Gasteiger partial charge in [0.15, 0.2) is 5.82 Å². The number of nitrogens with zero attached hydrogens (tertiary/aromatic N) is 2. The van der Waals surface area contributed by atoms with Crippen LogP contribution in [0.4, 0.5) is 28.0 Å². The maximum atomic E-state index is 14.3. The predicted octanol–water partition coefficient (Wildman–Crippen LogP) is 7.02. The van der Waals surface area contributed by atoms with Gasteiger partial charge in [-0.1, -0.05) is 30.3 Å². The summed E-state index contributed by atoms with van der Waals surface area (Å²) in [5, 5.41) is 25.2. The molecular weight excluding hydrogens is 843 g/mol. The highest BCUT2D eigenvalue weighted by molar-refractivity contribution is 5.98. The van der Waals surface area contributed by atoms with E-state index in [0.29, 0.717) is 44.4 Å². The number of methoxy groups -OCH3 is 1. The van der Waals surface area contributed by atoms with E-state index in [1.807, 2.05) is 44.2 Å². The predicted molar refractivity (Wildman–Crippen MR) is 228 cm³/mol. The molecule has 3 aromatic carbocycles. The number of rotatable bonds is 17. The van der Waals surface area contributed by atoms with Gasteiger partial charge >= 0.3 is 23.9 Å². The molecule has 344 valence electrons. The Morgan fingerprint density at radius 2 is 1.53 bits per heavy atom. The van der Waals surface area contributed by atoms with Gasteiger partial charge < -0.3 is 35.8 Å². The normalized spacial score (nSPS) is 16.5.